The minimum Gasteiger partial charge on any atom is -0.326 e. The fourth-order valence-electron chi connectivity index (χ4n) is 2.21. The molecule has 0 radical (unpaired) electrons. The maximum atomic E-state index is 11.2. The van der Waals surface area contributed by atoms with Crippen molar-refractivity contribution in [3.05, 3.63) is 77.8 Å². The number of halogens is 1. The number of rotatable bonds is 5. The first-order valence-electron chi connectivity index (χ1n) is 6.31. The summed E-state index contributed by atoms with van der Waals surface area (Å²) in [7, 11) is 0. The predicted molar refractivity (Wildman–Crippen MR) is 84.6 cm³/mol. The van der Waals surface area contributed by atoms with Crippen LogP contribution in [0.15, 0.2) is 40.9 Å². The van der Waals surface area contributed by atoms with Gasteiger partial charge in [-0.3, -0.25) is 20.2 Å². The second-order valence-corrected chi connectivity index (χ2v) is 5.54. The zero-order valence-electron chi connectivity index (χ0n) is 11.4. The molecule has 0 spiro atoms. The maximum Gasteiger partial charge on any atom is 0.274 e. The van der Waals surface area contributed by atoms with Crippen molar-refractivity contribution in [2.75, 3.05) is 0 Å². The van der Waals surface area contributed by atoms with Crippen molar-refractivity contribution >= 4 is 27.3 Å². The fraction of sp³-hybridized carbons (Fsp3) is 0.143. The van der Waals surface area contributed by atoms with Crippen LogP contribution in [0.1, 0.15) is 16.7 Å². The van der Waals surface area contributed by atoms with E-state index >= 15 is 0 Å². The van der Waals surface area contributed by atoms with Gasteiger partial charge in [0.1, 0.15) is 0 Å². The van der Waals surface area contributed by atoms with E-state index in [2.05, 4.69) is 15.9 Å². The Balaban J connectivity index is 2.50. The van der Waals surface area contributed by atoms with Crippen molar-refractivity contribution in [3.63, 3.8) is 0 Å². The highest BCUT2D eigenvalue weighted by molar-refractivity contribution is 9.10. The van der Waals surface area contributed by atoms with Gasteiger partial charge < -0.3 is 5.73 Å². The minimum absolute atomic E-state index is 0.0495. The van der Waals surface area contributed by atoms with E-state index in [1.54, 1.807) is 18.2 Å². The molecule has 0 aliphatic heterocycles. The SMILES string of the molecule is NCc1cc(Br)cc([N+](=O)[O-])c1Cc1cccc([N+](=O)[O-])c1. The average molecular weight is 366 g/mol. The number of benzene rings is 2. The van der Waals surface area contributed by atoms with Gasteiger partial charge in [-0.25, -0.2) is 0 Å². The van der Waals surface area contributed by atoms with Crippen LogP contribution >= 0.6 is 15.9 Å². The van der Waals surface area contributed by atoms with Crippen molar-refractivity contribution in [1.82, 2.24) is 0 Å². The van der Waals surface area contributed by atoms with Crippen LogP contribution in [0, 0.1) is 20.2 Å². The first-order chi connectivity index (χ1) is 10.4. The topological polar surface area (TPSA) is 112 Å². The van der Waals surface area contributed by atoms with E-state index in [1.165, 1.54) is 18.2 Å². The van der Waals surface area contributed by atoms with Crippen molar-refractivity contribution in [2.24, 2.45) is 5.73 Å². The third-order valence-corrected chi connectivity index (χ3v) is 3.66. The van der Waals surface area contributed by atoms with E-state index in [0.717, 1.165) is 0 Å². The Morgan fingerprint density at radius 3 is 2.41 bits per heavy atom. The molecule has 0 fully saturated rings. The summed E-state index contributed by atoms with van der Waals surface area (Å²) in [5, 5.41) is 22.1. The van der Waals surface area contributed by atoms with E-state index in [-0.39, 0.29) is 24.3 Å². The molecule has 2 rings (SSSR count). The van der Waals surface area contributed by atoms with Gasteiger partial charge in [0.2, 0.25) is 0 Å². The van der Waals surface area contributed by atoms with Crippen molar-refractivity contribution in [1.29, 1.82) is 0 Å². The summed E-state index contributed by atoms with van der Waals surface area (Å²) >= 11 is 3.22. The monoisotopic (exact) mass is 365 g/mol. The lowest BCUT2D eigenvalue weighted by Crippen LogP contribution is -2.06. The number of non-ortho nitro benzene ring substituents is 1. The van der Waals surface area contributed by atoms with Gasteiger partial charge in [0, 0.05) is 41.2 Å². The van der Waals surface area contributed by atoms with Crippen LogP contribution in [-0.4, -0.2) is 9.85 Å². The van der Waals surface area contributed by atoms with Gasteiger partial charge >= 0.3 is 0 Å². The molecule has 8 heteroatoms. The van der Waals surface area contributed by atoms with Crippen LogP contribution in [0.5, 0.6) is 0 Å². The third kappa shape index (κ3) is 3.46. The lowest BCUT2D eigenvalue weighted by atomic mass is 9.97. The lowest BCUT2D eigenvalue weighted by molar-refractivity contribution is -0.385. The summed E-state index contributed by atoms with van der Waals surface area (Å²) in [5.74, 6) is 0. The quantitative estimate of drug-likeness (QED) is 0.644. The molecule has 2 aromatic carbocycles. The van der Waals surface area contributed by atoms with E-state index in [4.69, 9.17) is 5.73 Å². The number of nitro groups is 2. The Labute approximate surface area is 134 Å². The van der Waals surface area contributed by atoms with Crippen molar-refractivity contribution in [2.45, 2.75) is 13.0 Å². The van der Waals surface area contributed by atoms with Crippen LogP contribution in [0.3, 0.4) is 0 Å². The third-order valence-electron chi connectivity index (χ3n) is 3.20. The number of hydrogen-bond acceptors (Lipinski definition) is 5. The Morgan fingerprint density at radius 2 is 1.82 bits per heavy atom. The van der Waals surface area contributed by atoms with E-state index in [0.29, 0.717) is 21.2 Å². The smallest absolute Gasteiger partial charge is 0.274 e. The van der Waals surface area contributed by atoms with Crippen molar-refractivity contribution in [3.8, 4) is 0 Å². The van der Waals surface area contributed by atoms with Gasteiger partial charge in [0.25, 0.3) is 11.4 Å². The number of nitrogens with zero attached hydrogens (tertiary/aromatic N) is 2. The molecule has 0 heterocycles. The Morgan fingerprint density at radius 1 is 1.09 bits per heavy atom. The minimum atomic E-state index is -0.497. The molecule has 0 saturated carbocycles. The Bertz CT molecular complexity index is 749. The molecule has 0 unspecified atom stereocenters. The molecule has 0 aromatic heterocycles. The molecule has 0 atom stereocenters. The molecule has 2 N–H and O–H groups in total. The molecule has 0 aliphatic rings. The standard InChI is InChI=1S/C14H12BrN3O4/c15-11-6-10(8-16)13(14(7-11)18(21)22)5-9-2-1-3-12(4-9)17(19)20/h1-4,6-7H,5,8,16H2. The van der Waals surface area contributed by atoms with Crippen LogP contribution in [0.2, 0.25) is 0 Å². The number of hydrogen-bond donors (Lipinski definition) is 1. The first-order valence-corrected chi connectivity index (χ1v) is 7.10. The van der Waals surface area contributed by atoms with Gasteiger partial charge in [-0.1, -0.05) is 28.1 Å². The highest BCUT2D eigenvalue weighted by atomic mass is 79.9. The highest BCUT2D eigenvalue weighted by Gasteiger charge is 2.19. The molecule has 0 bridgehead atoms. The lowest BCUT2D eigenvalue weighted by Gasteiger charge is -2.10. The van der Waals surface area contributed by atoms with E-state index in [9.17, 15) is 20.2 Å². The summed E-state index contributed by atoms with van der Waals surface area (Å²) < 4.78 is 0.572. The van der Waals surface area contributed by atoms with Crippen LogP contribution in [-0.2, 0) is 13.0 Å². The zero-order chi connectivity index (χ0) is 16.3. The predicted octanol–water partition coefficient (Wildman–Crippen LogP) is 3.32. The van der Waals surface area contributed by atoms with Crippen molar-refractivity contribution < 1.29 is 9.85 Å². The maximum absolute atomic E-state index is 11.2. The summed E-state index contributed by atoms with van der Waals surface area (Å²) in [6, 6.07) is 9.17. The normalized spacial score (nSPS) is 10.5. The number of nitro benzene ring substituents is 2. The summed E-state index contributed by atoms with van der Waals surface area (Å²) in [5.41, 5.74) is 7.29. The molecule has 2 aromatic rings. The summed E-state index contributed by atoms with van der Waals surface area (Å²) in [4.78, 5) is 21.1. The second-order valence-electron chi connectivity index (χ2n) is 4.63. The molecule has 0 aliphatic carbocycles. The fourth-order valence-corrected chi connectivity index (χ4v) is 2.70. The molecule has 0 saturated heterocycles. The first kappa shape index (κ1) is 16.1. The molecule has 0 amide bonds. The van der Waals surface area contributed by atoms with Gasteiger partial charge in [0.05, 0.1) is 9.85 Å². The number of nitrogens with two attached hydrogens (primary N) is 1. The zero-order valence-corrected chi connectivity index (χ0v) is 12.9. The van der Waals surface area contributed by atoms with E-state index < -0.39 is 9.85 Å². The molecular formula is C14H12BrN3O4. The molecule has 22 heavy (non-hydrogen) atoms. The highest BCUT2D eigenvalue weighted by Crippen LogP contribution is 2.30. The average Bonchev–Trinajstić information content (AvgIpc) is 2.48. The Hall–Kier alpha value is -2.32. The van der Waals surface area contributed by atoms with Crippen LogP contribution in [0.25, 0.3) is 0 Å². The summed E-state index contributed by atoms with van der Waals surface area (Å²) in [6.07, 6.45) is 0.206. The van der Waals surface area contributed by atoms with Crippen LogP contribution in [0.4, 0.5) is 11.4 Å². The second kappa shape index (κ2) is 6.63. The van der Waals surface area contributed by atoms with E-state index in [1.807, 2.05) is 0 Å². The molecule has 7 nitrogen and oxygen atoms in total. The van der Waals surface area contributed by atoms with Gasteiger partial charge in [-0.15, -0.1) is 0 Å². The summed E-state index contributed by atoms with van der Waals surface area (Å²) in [6.45, 7) is 0.143. The molecule has 114 valence electrons. The van der Waals surface area contributed by atoms with Gasteiger partial charge in [0.15, 0.2) is 0 Å². The van der Waals surface area contributed by atoms with Gasteiger partial charge in [-0.2, -0.15) is 0 Å². The largest absolute Gasteiger partial charge is 0.326 e. The Kier molecular flexibility index (Phi) is 4.84. The van der Waals surface area contributed by atoms with Gasteiger partial charge in [-0.05, 0) is 17.2 Å². The molecular weight excluding hydrogens is 354 g/mol. The van der Waals surface area contributed by atoms with Crippen LogP contribution < -0.4 is 5.73 Å².